The maximum absolute atomic E-state index is 12.5. The largest absolute Gasteiger partial charge is 0.458 e. The van der Waals surface area contributed by atoms with E-state index < -0.39 is 22.6 Å². The first-order chi connectivity index (χ1) is 13.2. The van der Waals surface area contributed by atoms with Crippen molar-refractivity contribution in [2.24, 2.45) is 0 Å². The van der Waals surface area contributed by atoms with Crippen LogP contribution in [0.2, 0.25) is 0 Å². The van der Waals surface area contributed by atoms with Crippen LogP contribution in [-0.4, -0.2) is 27.3 Å². The molecular weight excluding hydrogens is 350 g/mol. The van der Waals surface area contributed by atoms with Gasteiger partial charge in [-0.25, -0.2) is 9.78 Å². The molecule has 0 unspecified atom stereocenters. The van der Waals surface area contributed by atoms with Crippen molar-refractivity contribution in [3.63, 3.8) is 0 Å². The van der Waals surface area contributed by atoms with Crippen molar-refractivity contribution >= 4 is 5.97 Å². The van der Waals surface area contributed by atoms with E-state index >= 15 is 0 Å². The number of ether oxygens (including phenoxy) is 1. The number of esters is 1. The Bertz CT molecular complexity index is 865. The third-order valence-corrected chi connectivity index (χ3v) is 5.13. The molecular formula is C24H27NO3. The first-order valence-electron chi connectivity index (χ1n) is 9.68. The van der Waals surface area contributed by atoms with E-state index in [9.17, 15) is 9.90 Å². The number of rotatable bonds is 2. The Morgan fingerprint density at radius 3 is 2.25 bits per heavy atom. The summed E-state index contributed by atoms with van der Waals surface area (Å²) in [6, 6.07) is 15.7. The molecule has 1 aliphatic rings. The van der Waals surface area contributed by atoms with Gasteiger partial charge in [0.15, 0.2) is 5.60 Å². The van der Waals surface area contributed by atoms with E-state index in [4.69, 9.17) is 4.74 Å². The van der Waals surface area contributed by atoms with E-state index in [-0.39, 0.29) is 0 Å². The molecule has 3 rings (SSSR count). The Labute approximate surface area is 167 Å². The molecule has 2 aromatic rings. The van der Waals surface area contributed by atoms with Gasteiger partial charge < -0.3 is 9.84 Å². The highest BCUT2D eigenvalue weighted by atomic mass is 16.6. The fourth-order valence-corrected chi connectivity index (χ4v) is 3.53. The van der Waals surface area contributed by atoms with Crippen LogP contribution in [0.3, 0.4) is 0 Å². The molecule has 0 atom stereocenters. The second-order valence-electron chi connectivity index (χ2n) is 8.45. The van der Waals surface area contributed by atoms with Crippen LogP contribution in [0.1, 0.15) is 57.7 Å². The fraction of sp³-hybridized carbons (Fsp3) is 0.417. The summed E-state index contributed by atoms with van der Waals surface area (Å²) < 4.78 is 5.45. The second kappa shape index (κ2) is 7.77. The molecule has 28 heavy (non-hydrogen) atoms. The molecule has 1 fully saturated rings. The lowest BCUT2D eigenvalue weighted by Crippen LogP contribution is -2.49. The van der Waals surface area contributed by atoms with E-state index in [0.717, 1.165) is 5.56 Å². The van der Waals surface area contributed by atoms with Gasteiger partial charge in [0.05, 0.1) is 5.41 Å². The molecule has 0 aliphatic heterocycles. The van der Waals surface area contributed by atoms with Gasteiger partial charge in [-0.15, -0.1) is 0 Å². The Balaban J connectivity index is 1.88. The maximum Gasteiger partial charge on any atom is 0.338 e. The summed E-state index contributed by atoms with van der Waals surface area (Å²) in [5, 5.41) is 10.9. The fourth-order valence-electron chi connectivity index (χ4n) is 3.53. The number of carbonyl (C=O) groups is 1. The minimum Gasteiger partial charge on any atom is -0.458 e. The van der Waals surface area contributed by atoms with Gasteiger partial charge in [0, 0.05) is 6.20 Å². The monoisotopic (exact) mass is 377 g/mol. The highest BCUT2D eigenvalue weighted by Gasteiger charge is 2.48. The topological polar surface area (TPSA) is 59.4 Å². The van der Waals surface area contributed by atoms with Gasteiger partial charge in [0.2, 0.25) is 0 Å². The van der Waals surface area contributed by atoms with Gasteiger partial charge in [-0.2, -0.15) is 0 Å². The summed E-state index contributed by atoms with van der Waals surface area (Å²) in [6.07, 6.45) is 3.50. The number of benzene rings is 1. The number of aliphatic hydroxyl groups is 1. The summed E-state index contributed by atoms with van der Waals surface area (Å²) in [4.78, 5) is 16.8. The van der Waals surface area contributed by atoms with E-state index in [2.05, 4.69) is 29.0 Å². The third-order valence-electron chi connectivity index (χ3n) is 5.13. The van der Waals surface area contributed by atoms with Crippen LogP contribution in [0.25, 0.3) is 0 Å². The van der Waals surface area contributed by atoms with Crippen LogP contribution in [0.15, 0.2) is 54.7 Å². The summed E-state index contributed by atoms with van der Waals surface area (Å²) in [5.74, 6) is 6.06. The molecule has 0 spiro atoms. The Hall–Kier alpha value is -2.64. The van der Waals surface area contributed by atoms with Crippen LogP contribution in [-0.2, 0) is 14.9 Å². The van der Waals surface area contributed by atoms with Crippen molar-refractivity contribution < 1.29 is 14.6 Å². The van der Waals surface area contributed by atoms with Gasteiger partial charge in [0.25, 0.3) is 0 Å². The lowest BCUT2D eigenvalue weighted by molar-refractivity contribution is -0.181. The molecule has 1 N–H and O–H groups in total. The van der Waals surface area contributed by atoms with Crippen LogP contribution >= 0.6 is 0 Å². The third kappa shape index (κ3) is 4.61. The minimum absolute atomic E-state index is 0.313. The summed E-state index contributed by atoms with van der Waals surface area (Å²) in [7, 11) is 0. The summed E-state index contributed by atoms with van der Waals surface area (Å²) in [6.45, 7) is 5.43. The van der Waals surface area contributed by atoms with Crippen molar-refractivity contribution in [1.29, 1.82) is 0 Å². The van der Waals surface area contributed by atoms with Crippen molar-refractivity contribution in [3.05, 3.63) is 66.0 Å². The van der Waals surface area contributed by atoms with Crippen molar-refractivity contribution in [2.45, 2.75) is 63.1 Å². The van der Waals surface area contributed by atoms with Crippen LogP contribution in [0, 0.1) is 11.8 Å². The van der Waals surface area contributed by atoms with Crippen molar-refractivity contribution in [2.75, 3.05) is 0 Å². The number of hydrogen-bond acceptors (Lipinski definition) is 4. The highest BCUT2D eigenvalue weighted by Crippen LogP contribution is 2.43. The lowest BCUT2D eigenvalue weighted by Gasteiger charge is -2.41. The molecule has 146 valence electrons. The van der Waals surface area contributed by atoms with Crippen molar-refractivity contribution in [3.8, 4) is 11.8 Å². The van der Waals surface area contributed by atoms with E-state index in [1.807, 2.05) is 57.2 Å². The van der Waals surface area contributed by atoms with Gasteiger partial charge in [0.1, 0.15) is 11.3 Å². The highest BCUT2D eigenvalue weighted by molar-refractivity contribution is 5.80. The number of hydrogen-bond donors (Lipinski definition) is 1. The quantitative estimate of drug-likeness (QED) is 0.634. The molecule has 1 aromatic heterocycles. The molecule has 4 nitrogen and oxygen atoms in total. The normalized spacial score (nSPS) is 24.7. The average molecular weight is 377 g/mol. The predicted octanol–water partition coefficient (Wildman–Crippen LogP) is 4.02. The van der Waals surface area contributed by atoms with Crippen molar-refractivity contribution in [1.82, 2.24) is 4.98 Å². The molecule has 1 aromatic carbocycles. The molecule has 0 bridgehead atoms. The van der Waals surface area contributed by atoms with E-state index in [1.165, 1.54) is 0 Å². The predicted molar refractivity (Wildman–Crippen MR) is 108 cm³/mol. The Morgan fingerprint density at radius 2 is 1.68 bits per heavy atom. The maximum atomic E-state index is 12.5. The van der Waals surface area contributed by atoms with Gasteiger partial charge in [-0.3, -0.25) is 0 Å². The summed E-state index contributed by atoms with van der Waals surface area (Å²) in [5.41, 5.74) is -0.694. The number of carbonyl (C=O) groups excluding carboxylic acids is 1. The minimum atomic E-state index is -1.46. The summed E-state index contributed by atoms with van der Waals surface area (Å²) >= 11 is 0. The smallest absolute Gasteiger partial charge is 0.338 e. The number of nitrogens with zero attached hydrogens (tertiary/aromatic N) is 1. The standard InChI is InChI=1S/C24H27NO3/c1-22(2,3)28-21(26)24(27)16-14-23(15-17-24,19-9-5-4-6-10-19)13-12-20-11-7-8-18-25-20/h4-11,18,27H,14-17H2,1-3H3. The van der Waals surface area contributed by atoms with Gasteiger partial charge in [-0.1, -0.05) is 42.3 Å². The molecule has 4 heteroatoms. The SMILES string of the molecule is CC(C)(C)OC(=O)C1(O)CCC(C#Cc2ccccn2)(c2ccccc2)CC1. The Morgan fingerprint density at radius 1 is 1.04 bits per heavy atom. The second-order valence-corrected chi connectivity index (χ2v) is 8.45. The van der Waals surface area contributed by atoms with Crippen LogP contribution < -0.4 is 0 Å². The first kappa shape index (κ1) is 20.1. The van der Waals surface area contributed by atoms with Gasteiger partial charge >= 0.3 is 5.97 Å². The van der Waals surface area contributed by atoms with E-state index in [0.29, 0.717) is 31.4 Å². The molecule has 0 saturated heterocycles. The molecule has 0 amide bonds. The van der Waals surface area contributed by atoms with Crippen LogP contribution in [0.4, 0.5) is 0 Å². The molecule has 1 heterocycles. The molecule has 0 radical (unpaired) electrons. The zero-order valence-electron chi connectivity index (χ0n) is 16.7. The Kier molecular flexibility index (Phi) is 5.58. The van der Waals surface area contributed by atoms with E-state index in [1.54, 1.807) is 6.20 Å². The first-order valence-corrected chi connectivity index (χ1v) is 9.68. The average Bonchev–Trinajstić information content (AvgIpc) is 2.68. The number of aromatic nitrogens is 1. The van der Waals surface area contributed by atoms with Gasteiger partial charge in [-0.05, 0) is 70.1 Å². The molecule has 1 aliphatic carbocycles. The van der Waals surface area contributed by atoms with Crippen LogP contribution in [0.5, 0.6) is 0 Å². The number of pyridine rings is 1. The molecule has 1 saturated carbocycles. The lowest BCUT2D eigenvalue weighted by atomic mass is 9.65. The zero-order chi connectivity index (χ0) is 20.3. The zero-order valence-corrected chi connectivity index (χ0v) is 16.7.